The highest BCUT2D eigenvalue weighted by molar-refractivity contribution is 7.13. The molecule has 2 aromatic rings. The maximum atomic E-state index is 12.9. The SMILES string of the molecule is Cc1ncsc1-c1ccc(C(CO)NC(=O)C2CC(O)CN2C)c(OC2CCNCC2)c1. The number of likely N-dealkylation sites (tertiary alicyclic amines) is 1. The topological polar surface area (TPSA) is 107 Å². The molecule has 2 saturated heterocycles. The van der Waals surface area contributed by atoms with Crippen molar-refractivity contribution in [1.29, 1.82) is 0 Å². The van der Waals surface area contributed by atoms with E-state index in [1.807, 2.05) is 42.6 Å². The summed E-state index contributed by atoms with van der Waals surface area (Å²) < 4.78 is 6.42. The van der Waals surface area contributed by atoms with E-state index < -0.39 is 18.2 Å². The second kappa shape index (κ2) is 10.3. The number of hydrogen-bond donors (Lipinski definition) is 4. The molecule has 8 nitrogen and oxygen atoms in total. The monoisotopic (exact) mass is 460 g/mol. The molecule has 174 valence electrons. The summed E-state index contributed by atoms with van der Waals surface area (Å²) in [5, 5.41) is 26.4. The number of hydrogen-bond acceptors (Lipinski definition) is 8. The Hall–Kier alpha value is -2.04. The average Bonchev–Trinajstić information content (AvgIpc) is 3.37. The van der Waals surface area contributed by atoms with E-state index in [1.54, 1.807) is 11.3 Å². The first-order valence-corrected chi connectivity index (χ1v) is 12.1. The molecule has 0 aliphatic carbocycles. The van der Waals surface area contributed by atoms with Gasteiger partial charge in [-0.15, -0.1) is 11.3 Å². The fourth-order valence-corrected chi connectivity index (χ4v) is 5.31. The zero-order valence-electron chi connectivity index (χ0n) is 18.6. The van der Waals surface area contributed by atoms with Crippen LogP contribution in [0.15, 0.2) is 23.7 Å². The van der Waals surface area contributed by atoms with Crippen LogP contribution in [-0.4, -0.2) is 77.5 Å². The molecule has 2 aliphatic rings. The molecule has 1 amide bonds. The molecule has 1 aromatic heterocycles. The van der Waals surface area contributed by atoms with Gasteiger partial charge in [-0.1, -0.05) is 12.1 Å². The summed E-state index contributed by atoms with van der Waals surface area (Å²) in [4.78, 5) is 20.2. The molecule has 0 radical (unpaired) electrons. The van der Waals surface area contributed by atoms with Gasteiger partial charge in [0.1, 0.15) is 11.9 Å². The molecule has 4 rings (SSSR count). The van der Waals surface area contributed by atoms with Crippen molar-refractivity contribution in [2.45, 2.75) is 50.5 Å². The molecule has 1 aromatic carbocycles. The van der Waals surface area contributed by atoms with Crippen molar-refractivity contribution in [3.8, 4) is 16.2 Å². The minimum absolute atomic E-state index is 0.0824. The van der Waals surface area contributed by atoms with Gasteiger partial charge in [-0.3, -0.25) is 9.69 Å². The Morgan fingerprint density at radius 3 is 2.81 bits per heavy atom. The number of carbonyl (C=O) groups is 1. The highest BCUT2D eigenvalue weighted by Crippen LogP contribution is 2.35. The van der Waals surface area contributed by atoms with Crippen LogP contribution in [0.2, 0.25) is 0 Å². The zero-order valence-corrected chi connectivity index (χ0v) is 19.4. The van der Waals surface area contributed by atoms with Crippen LogP contribution in [-0.2, 0) is 4.79 Å². The lowest BCUT2D eigenvalue weighted by Crippen LogP contribution is -2.43. The number of likely N-dealkylation sites (N-methyl/N-ethyl adjacent to an activating group) is 1. The molecule has 0 bridgehead atoms. The van der Waals surface area contributed by atoms with Crippen molar-refractivity contribution in [3.05, 3.63) is 35.0 Å². The number of carbonyl (C=O) groups excluding carboxylic acids is 1. The van der Waals surface area contributed by atoms with Crippen LogP contribution < -0.4 is 15.4 Å². The van der Waals surface area contributed by atoms with E-state index in [2.05, 4.69) is 15.6 Å². The van der Waals surface area contributed by atoms with Crippen molar-refractivity contribution in [2.24, 2.45) is 0 Å². The summed E-state index contributed by atoms with van der Waals surface area (Å²) in [6.07, 6.45) is 1.78. The van der Waals surface area contributed by atoms with Crippen molar-refractivity contribution >= 4 is 17.2 Å². The third-order valence-corrected chi connectivity index (χ3v) is 7.28. The van der Waals surface area contributed by atoms with E-state index in [0.717, 1.165) is 47.6 Å². The second-order valence-corrected chi connectivity index (χ2v) is 9.53. The average molecular weight is 461 g/mol. The minimum atomic E-state index is -0.595. The number of aliphatic hydroxyl groups is 2. The summed E-state index contributed by atoms with van der Waals surface area (Å²) in [6, 6.07) is 4.91. The maximum absolute atomic E-state index is 12.9. The number of piperidine rings is 1. The van der Waals surface area contributed by atoms with Crippen molar-refractivity contribution < 1.29 is 19.7 Å². The van der Waals surface area contributed by atoms with E-state index in [1.165, 1.54) is 0 Å². The van der Waals surface area contributed by atoms with E-state index in [9.17, 15) is 15.0 Å². The van der Waals surface area contributed by atoms with Gasteiger partial charge >= 0.3 is 0 Å². The fourth-order valence-electron chi connectivity index (χ4n) is 4.51. The second-order valence-electron chi connectivity index (χ2n) is 8.68. The third kappa shape index (κ3) is 5.13. The van der Waals surface area contributed by atoms with Gasteiger partial charge in [-0.25, -0.2) is 4.98 Å². The summed E-state index contributed by atoms with van der Waals surface area (Å²) in [5.41, 5.74) is 4.56. The van der Waals surface area contributed by atoms with Crippen LogP contribution in [0.25, 0.3) is 10.4 Å². The quantitative estimate of drug-likeness (QED) is 0.496. The van der Waals surface area contributed by atoms with Gasteiger partial charge < -0.3 is 25.6 Å². The molecule has 2 fully saturated rings. The molecule has 0 saturated carbocycles. The van der Waals surface area contributed by atoms with Gasteiger partial charge in [0.15, 0.2) is 0 Å². The Labute approximate surface area is 192 Å². The fraction of sp³-hybridized carbons (Fsp3) is 0.565. The van der Waals surface area contributed by atoms with Crippen LogP contribution in [0.4, 0.5) is 0 Å². The molecule has 3 unspecified atom stereocenters. The molecular weight excluding hydrogens is 428 g/mol. The number of rotatable bonds is 7. The van der Waals surface area contributed by atoms with Crippen LogP contribution in [0, 0.1) is 6.92 Å². The first-order chi connectivity index (χ1) is 15.5. The number of thiazole rings is 1. The maximum Gasteiger partial charge on any atom is 0.238 e. The van der Waals surface area contributed by atoms with Gasteiger partial charge in [0.25, 0.3) is 0 Å². The summed E-state index contributed by atoms with van der Waals surface area (Å²) in [6.45, 7) is 4.02. The normalized spacial score (nSPS) is 23.2. The van der Waals surface area contributed by atoms with Crippen molar-refractivity contribution in [3.63, 3.8) is 0 Å². The smallest absolute Gasteiger partial charge is 0.238 e. The lowest BCUT2D eigenvalue weighted by molar-refractivity contribution is -0.126. The molecule has 4 N–H and O–H groups in total. The van der Waals surface area contributed by atoms with Gasteiger partial charge in [0, 0.05) is 12.1 Å². The lowest BCUT2D eigenvalue weighted by Gasteiger charge is -2.28. The van der Waals surface area contributed by atoms with E-state index in [4.69, 9.17) is 4.74 Å². The highest BCUT2D eigenvalue weighted by atomic mass is 32.1. The summed E-state index contributed by atoms with van der Waals surface area (Å²) in [7, 11) is 1.83. The number of benzene rings is 1. The number of aryl methyl sites for hydroxylation is 1. The van der Waals surface area contributed by atoms with E-state index in [0.29, 0.717) is 18.7 Å². The number of nitrogens with one attached hydrogen (secondary N) is 2. The number of aromatic nitrogens is 1. The number of nitrogens with zero attached hydrogens (tertiary/aromatic N) is 2. The van der Waals surface area contributed by atoms with Crippen LogP contribution in [0.5, 0.6) is 5.75 Å². The zero-order chi connectivity index (χ0) is 22.7. The minimum Gasteiger partial charge on any atom is -0.490 e. The first kappa shape index (κ1) is 23.1. The predicted octanol–water partition coefficient (Wildman–Crippen LogP) is 1.46. The van der Waals surface area contributed by atoms with Gasteiger partial charge in [0.05, 0.1) is 40.9 Å². The van der Waals surface area contributed by atoms with E-state index >= 15 is 0 Å². The largest absolute Gasteiger partial charge is 0.490 e. The van der Waals surface area contributed by atoms with Gasteiger partial charge in [0.2, 0.25) is 5.91 Å². The van der Waals surface area contributed by atoms with Crippen molar-refractivity contribution in [2.75, 3.05) is 33.3 Å². The third-order valence-electron chi connectivity index (χ3n) is 6.30. The molecule has 3 heterocycles. The molecule has 9 heteroatoms. The Balaban J connectivity index is 1.61. The number of ether oxygens (including phenoxy) is 1. The number of β-amino-alcohol motifs (C(OH)–C–C–N with tert-alkyl or cyclic N) is 1. The Kier molecular flexibility index (Phi) is 7.42. The summed E-state index contributed by atoms with van der Waals surface area (Å²) >= 11 is 1.58. The van der Waals surface area contributed by atoms with E-state index in [-0.39, 0.29) is 18.6 Å². The molecule has 3 atom stereocenters. The molecule has 2 aliphatic heterocycles. The molecular formula is C23H32N4O4S. The van der Waals surface area contributed by atoms with Crippen LogP contribution >= 0.6 is 11.3 Å². The Morgan fingerprint density at radius 2 is 2.19 bits per heavy atom. The van der Waals surface area contributed by atoms with Gasteiger partial charge in [-0.05, 0) is 58.0 Å². The molecule has 0 spiro atoms. The Morgan fingerprint density at radius 1 is 1.41 bits per heavy atom. The van der Waals surface area contributed by atoms with Crippen LogP contribution in [0.1, 0.15) is 36.6 Å². The van der Waals surface area contributed by atoms with Crippen molar-refractivity contribution in [1.82, 2.24) is 20.5 Å². The predicted molar refractivity (Wildman–Crippen MR) is 124 cm³/mol. The first-order valence-electron chi connectivity index (χ1n) is 11.2. The van der Waals surface area contributed by atoms with Gasteiger partial charge in [-0.2, -0.15) is 0 Å². The number of amides is 1. The summed E-state index contributed by atoms with van der Waals surface area (Å²) in [5.74, 6) is 0.486. The standard InChI is InChI=1S/C23H32N4O4S/c1-14-22(32-13-25-14)15-3-4-18(21(9-15)31-17-5-7-24-8-6-17)19(12-28)26-23(30)20-10-16(29)11-27(20)2/h3-4,9,13,16-17,19-20,24,28-29H,5-8,10-12H2,1-2H3,(H,26,30). The Bertz CT molecular complexity index is 930. The lowest BCUT2D eigenvalue weighted by atomic mass is 10.0. The molecule has 32 heavy (non-hydrogen) atoms. The number of aliphatic hydroxyl groups excluding tert-OH is 2. The highest BCUT2D eigenvalue weighted by Gasteiger charge is 2.35. The van der Waals surface area contributed by atoms with Crippen LogP contribution in [0.3, 0.4) is 0 Å².